The number of aromatic nitrogens is 4. The summed E-state index contributed by atoms with van der Waals surface area (Å²) in [6.07, 6.45) is 6.03. The molecule has 33 heavy (non-hydrogen) atoms. The summed E-state index contributed by atoms with van der Waals surface area (Å²) >= 11 is 0. The first kappa shape index (κ1) is 22.3. The molecule has 170 valence electrons. The van der Waals surface area contributed by atoms with Gasteiger partial charge in [-0.15, -0.1) is 15.2 Å². The summed E-state index contributed by atoms with van der Waals surface area (Å²) in [4.78, 5) is 12.4. The van der Waals surface area contributed by atoms with Crippen molar-refractivity contribution in [1.29, 1.82) is 5.41 Å². The van der Waals surface area contributed by atoms with Crippen molar-refractivity contribution in [2.45, 2.75) is 24.7 Å². The molecule has 4 rings (SSSR count). The molecule has 0 atom stereocenters. The second kappa shape index (κ2) is 9.70. The highest BCUT2D eigenvalue weighted by molar-refractivity contribution is 6.04. The van der Waals surface area contributed by atoms with Gasteiger partial charge >= 0.3 is 5.90 Å². The third-order valence-electron chi connectivity index (χ3n) is 5.85. The van der Waals surface area contributed by atoms with E-state index >= 15 is 0 Å². The average Bonchev–Trinajstić information content (AvgIpc) is 2.80. The Morgan fingerprint density at radius 1 is 1.12 bits per heavy atom. The molecule has 0 amide bonds. The predicted molar refractivity (Wildman–Crippen MR) is 128 cm³/mol. The van der Waals surface area contributed by atoms with Gasteiger partial charge < -0.3 is 20.9 Å². The van der Waals surface area contributed by atoms with Gasteiger partial charge in [-0.2, -0.15) is 0 Å². The van der Waals surface area contributed by atoms with Crippen LogP contribution in [0.5, 0.6) is 0 Å². The van der Waals surface area contributed by atoms with Gasteiger partial charge in [0.2, 0.25) is 11.6 Å². The van der Waals surface area contributed by atoms with Gasteiger partial charge in [-0.25, -0.2) is 9.97 Å². The van der Waals surface area contributed by atoms with Gasteiger partial charge in [-0.1, -0.05) is 30.7 Å². The maximum atomic E-state index is 8.69. The van der Waals surface area contributed by atoms with Crippen LogP contribution in [0.3, 0.4) is 0 Å². The minimum atomic E-state index is -0.489. The highest BCUT2D eigenvalue weighted by Crippen LogP contribution is 2.45. The topological polar surface area (TPSA) is 158 Å². The molecular formula is C23H27N8O2+. The summed E-state index contributed by atoms with van der Waals surface area (Å²) in [5.41, 5.74) is 8.26. The van der Waals surface area contributed by atoms with Gasteiger partial charge in [-0.3, -0.25) is 5.41 Å². The average molecular weight is 448 g/mol. The van der Waals surface area contributed by atoms with E-state index < -0.39 is 5.41 Å². The molecular weight excluding hydrogens is 420 g/mol. The lowest BCUT2D eigenvalue weighted by Gasteiger charge is -2.41. The minimum Gasteiger partial charge on any atom is -0.577 e. The van der Waals surface area contributed by atoms with Crippen molar-refractivity contribution >= 4 is 23.5 Å². The van der Waals surface area contributed by atoms with Crippen LogP contribution >= 0.6 is 0 Å². The molecule has 10 nitrogen and oxygen atoms in total. The molecule has 0 radical (unpaired) electrons. The van der Waals surface area contributed by atoms with E-state index in [0.29, 0.717) is 24.7 Å². The smallest absolute Gasteiger partial charge is 0.387 e. The van der Waals surface area contributed by atoms with Crippen molar-refractivity contribution in [2.24, 2.45) is 4.99 Å². The number of nitrogens with zero attached hydrogens (tertiary/aromatic N) is 5. The SMILES string of the molecule is COCCNc1ccc(C([OH2+])=NC(=N)C2(c3ccc(-c4cnc(N)nc4)cc3)CCC2)nn1. The van der Waals surface area contributed by atoms with Crippen molar-refractivity contribution in [2.75, 3.05) is 31.3 Å². The standard InChI is InChI=1S/C23H26N8O2/c1-33-12-11-26-19-8-7-18(30-31-19)20(32)29-21(24)23(9-2-10-23)17-5-3-15(4-6-17)16-13-27-22(25)28-14-16/h3-8,13-14H,2,9-12H2,1H3,(H,26,31)(H2,24,29,32)(H2,25,27,28)/p+1. The van der Waals surface area contributed by atoms with Crippen LogP contribution in [0.4, 0.5) is 11.8 Å². The first-order chi connectivity index (χ1) is 16.0. The van der Waals surface area contributed by atoms with Gasteiger partial charge in [0.1, 0.15) is 11.7 Å². The molecule has 1 aliphatic carbocycles. The van der Waals surface area contributed by atoms with Crippen LogP contribution in [-0.4, -0.2) is 57.3 Å². The number of nitrogens with two attached hydrogens (primary N) is 1. The lowest BCUT2D eigenvalue weighted by atomic mass is 9.63. The van der Waals surface area contributed by atoms with Crippen molar-refractivity contribution in [3.63, 3.8) is 0 Å². The highest BCUT2D eigenvalue weighted by atomic mass is 16.5. The van der Waals surface area contributed by atoms with Crippen molar-refractivity contribution in [1.82, 2.24) is 20.2 Å². The summed E-state index contributed by atoms with van der Waals surface area (Å²) < 4.78 is 4.99. The van der Waals surface area contributed by atoms with Gasteiger partial charge in [0, 0.05) is 31.6 Å². The summed E-state index contributed by atoms with van der Waals surface area (Å²) in [6.45, 7) is 1.17. The van der Waals surface area contributed by atoms with E-state index in [9.17, 15) is 0 Å². The number of hydrogen-bond donors (Lipinski definition) is 3. The molecule has 1 fully saturated rings. The number of benzene rings is 1. The molecule has 10 heteroatoms. The Bertz CT molecular complexity index is 1120. The molecule has 0 aliphatic heterocycles. The lowest BCUT2D eigenvalue weighted by Crippen LogP contribution is -2.41. The predicted octanol–water partition coefficient (Wildman–Crippen LogP) is 2.14. The number of nitrogen functional groups attached to an aromatic ring is 1. The van der Waals surface area contributed by atoms with E-state index in [4.69, 9.17) is 21.0 Å². The number of aliphatic imine (C=N–C) groups is 1. The Hall–Kier alpha value is -3.92. The van der Waals surface area contributed by atoms with Gasteiger partial charge in [0.25, 0.3) is 0 Å². The van der Waals surface area contributed by atoms with E-state index in [1.54, 1.807) is 31.6 Å². The molecule has 1 aliphatic rings. The number of ether oxygens (including phenoxy) is 1. The minimum absolute atomic E-state index is 0.0714. The number of rotatable bonds is 8. The van der Waals surface area contributed by atoms with Crippen molar-refractivity contribution < 1.29 is 9.84 Å². The second-order valence-corrected chi connectivity index (χ2v) is 7.88. The van der Waals surface area contributed by atoms with Crippen LogP contribution in [0.25, 0.3) is 11.1 Å². The molecule has 0 bridgehead atoms. The molecule has 6 N–H and O–H groups in total. The van der Waals surface area contributed by atoms with Crippen LogP contribution in [0.15, 0.2) is 53.8 Å². The molecule has 2 aromatic heterocycles. The van der Waals surface area contributed by atoms with E-state index in [0.717, 1.165) is 36.0 Å². The number of anilines is 2. The van der Waals surface area contributed by atoms with Gasteiger partial charge in [0.15, 0.2) is 0 Å². The van der Waals surface area contributed by atoms with E-state index in [1.165, 1.54) is 0 Å². The highest BCUT2D eigenvalue weighted by Gasteiger charge is 2.43. The van der Waals surface area contributed by atoms with Crippen LogP contribution in [0.2, 0.25) is 0 Å². The number of nitrogens with one attached hydrogen (secondary N) is 2. The van der Waals surface area contributed by atoms with Crippen LogP contribution in [0.1, 0.15) is 30.5 Å². The lowest BCUT2D eigenvalue weighted by molar-refractivity contribution is 0.210. The first-order valence-electron chi connectivity index (χ1n) is 10.7. The third kappa shape index (κ3) is 4.80. The molecule has 0 saturated heterocycles. The zero-order valence-corrected chi connectivity index (χ0v) is 18.4. The normalized spacial score (nSPS) is 15.0. The maximum absolute atomic E-state index is 8.69. The molecule has 2 heterocycles. The zero-order valence-electron chi connectivity index (χ0n) is 18.4. The number of amidine groups is 1. The Morgan fingerprint density at radius 2 is 1.85 bits per heavy atom. The van der Waals surface area contributed by atoms with Crippen LogP contribution in [0, 0.1) is 5.41 Å². The van der Waals surface area contributed by atoms with Crippen LogP contribution in [-0.2, 0) is 10.2 Å². The molecule has 3 aromatic rings. The monoisotopic (exact) mass is 447 g/mol. The maximum Gasteiger partial charge on any atom is 0.387 e. The molecule has 0 spiro atoms. The van der Waals surface area contributed by atoms with E-state index in [-0.39, 0.29) is 17.7 Å². The fraction of sp³-hybridized carbons (Fsp3) is 0.304. The Labute approximate surface area is 191 Å². The molecule has 0 unspecified atom stereocenters. The van der Waals surface area contributed by atoms with E-state index in [1.807, 2.05) is 24.3 Å². The third-order valence-corrected chi connectivity index (χ3v) is 5.85. The summed E-state index contributed by atoms with van der Waals surface area (Å²) in [5.74, 6) is 0.938. The largest absolute Gasteiger partial charge is 0.577 e. The quantitative estimate of drug-likeness (QED) is 0.206. The number of hydrogen-bond acceptors (Lipinski definition) is 8. The van der Waals surface area contributed by atoms with Crippen molar-refractivity contribution in [3.8, 4) is 11.1 Å². The zero-order chi connectivity index (χ0) is 23.3. The van der Waals surface area contributed by atoms with Gasteiger partial charge in [0.05, 0.1) is 12.0 Å². The van der Waals surface area contributed by atoms with Crippen molar-refractivity contribution in [3.05, 3.63) is 60.0 Å². The van der Waals surface area contributed by atoms with Gasteiger partial charge in [-0.05, 0) is 36.1 Å². The summed E-state index contributed by atoms with van der Waals surface area (Å²) in [5, 5.41) is 28.2. The summed E-state index contributed by atoms with van der Waals surface area (Å²) in [7, 11) is 1.63. The molecule has 1 saturated carbocycles. The Kier molecular flexibility index (Phi) is 6.55. The fourth-order valence-corrected chi connectivity index (χ4v) is 3.77. The van der Waals surface area contributed by atoms with Crippen LogP contribution < -0.4 is 11.1 Å². The fourth-order valence-electron chi connectivity index (χ4n) is 3.77. The first-order valence-corrected chi connectivity index (χ1v) is 10.7. The number of methoxy groups -OCH3 is 1. The Morgan fingerprint density at radius 3 is 2.42 bits per heavy atom. The molecule has 1 aromatic carbocycles. The summed E-state index contributed by atoms with van der Waals surface area (Å²) in [6, 6.07) is 11.4. The van der Waals surface area contributed by atoms with E-state index in [2.05, 4.69) is 30.5 Å². The second-order valence-electron chi connectivity index (χ2n) is 7.88. The Balaban J connectivity index is 1.50.